The molecule has 0 spiro atoms. The molecule has 0 N–H and O–H groups in total. The van der Waals surface area contributed by atoms with Crippen molar-refractivity contribution in [2.24, 2.45) is 0 Å². The van der Waals surface area contributed by atoms with Gasteiger partial charge in [-0.15, -0.1) is 0 Å². The van der Waals surface area contributed by atoms with Gasteiger partial charge in [0.15, 0.2) is 5.78 Å². The maximum Gasteiger partial charge on any atom is 0.330 e. The molecule has 0 aromatic carbocycles. The lowest BCUT2D eigenvalue weighted by atomic mass is 10.1. The minimum Gasteiger partial charge on any atom is -0.466 e. The fourth-order valence-electron chi connectivity index (χ4n) is 2.29. The largest absolute Gasteiger partial charge is 0.466 e. The molecule has 0 fully saturated rings. The molecule has 0 radical (unpaired) electrons. The minimum absolute atomic E-state index is 0.0978. The van der Waals surface area contributed by atoms with Gasteiger partial charge >= 0.3 is 5.97 Å². The van der Waals surface area contributed by atoms with Gasteiger partial charge in [0, 0.05) is 12.5 Å². The molecular weight excluding hydrogens is 300 g/mol. The van der Waals surface area contributed by atoms with Crippen LogP contribution in [0.4, 0.5) is 0 Å². The molecule has 0 saturated carbocycles. The van der Waals surface area contributed by atoms with Crippen LogP contribution in [0.2, 0.25) is 0 Å². The van der Waals surface area contributed by atoms with Gasteiger partial charge in [0.05, 0.1) is 7.11 Å². The highest BCUT2D eigenvalue weighted by atomic mass is 16.5. The molecular formula is C21H34O3. The molecule has 0 aliphatic rings. The first kappa shape index (κ1) is 22.4. The maximum absolute atomic E-state index is 11.6. The van der Waals surface area contributed by atoms with Crippen LogP contribution in [0.15, 0.2) is 36.5 Å². The molecule has 0 aromatic rings. The lowest BCUT2D eigenvalue weighted by molar-refractivity contribution is -0.134. The van der Waals surface area contributed by atoms with Crippen molar-refractivity contribution in [3.63, 3.8) is 0 Å². The van der Waals surface area contributed by atoms with Crippen LogP contribution in [-0.4, -0.2) is 18.9 Å². The number of esters is 1. The Hall–Kier alpha value is -1.64. The van der Waals surface area contributed by atoms with E-state index in [2.05, 4.69) is 23.8 Å². The predicted octanol–water partition coefficient (Wildman–Crippen LogP) is 5.71. The van der Waals surface area contributed by atoms with E-state index < -0.39 is 5.97 Å². The van der Waals surface area contributed by atoms with Crippen molar-refractivity contribution in [3.8, 4) is 0 Å². The Bertz CT molecular complexity index is 405. The summed E-state index contributed by atoms with van der Waals surface area (Å²) in [5.41, 5.74) is 0. The Labute approximate surface area is 147 Å². The fraction of sp³-hybridized carbons (Fsp3) is 0.619. The van der Waals surface area contributed by atoms with Crippen LogP contribution in [0.3, 0.4) is 0 Å². The molecule has 3 heteroatoms. The zero-order chi connectivity index (χ0) is 17.9. The molecule has 3 nitrogen and oxygen atoms in total. The van der Waals surface area contributed by atoms with Gasteiger partial charge in [-0.05, 0) is 38.2 Å². The van der Waals surface area contributed by atoms with Crippen LogP contribution in [0.25, 0.3) is 0 Å². The van der Waals surface area contributed by atoms with Crippen LogP contribution in [0.5, 0.6) is 0 Å². The molecule has 0 atom stereocenters. The lowest BCUT2D eigenvalue weighted by Crippen LogP contribution is -1.93. The highest BCUT2D eigenvalue weighted by Gasteiger charge is 1.95. The van der Waals surface area contributed by atoms with Crippen molar-refractivity contribution in [1.29, 1.82) is 0 Å². The van der Waals surface area contributed by atoms with Crippen molar-refractivity contribution in [2.75, 3.05) is 7.11 Å². The van der Waals surface area contributed by atoms with Crippen molar-refractivity contribution in [2.45, 2.75) is 77.6 Å². The fourth-order valence-corrected chi connectivity index (χ4v) is 2.29. The maximum atomic E-state index is 11.6. The van der Waals surface area contributed by atoms with Crippen LogP contribution in [0, 0.1) is 0 Å². The summed E-state index contributed by atoms with van der Waals surface area (Å²) in [7, 11) is 1.32. The van der Waals surface area contributed by atoms with Gasteiger partial charge < -0.3 is 4.74 Å². The molecule has 0 aliphatic carbocycles. The summed E-state index contributed by atoms with van der Waals surface area (Å²) in [6.07, 6.45) is 23.2. The number of allylic oxidation sites excluding steroid dienone is 5. The molecule has 0 unspecified atom stereocenters. The molecule has 136 valence electrons. The van der Waals surface area contributed by atoms with E-state index in [9.17, 15) is 9.59 Å². The SMILES string of the molecule is CCCCCCCCC=CCCCCC(=O)C=CC=CC(=O)OC. The zero-order valence-electron chi connectivity index (χ0n) is 15.5. The van der Waals surface area contributed by atoms with Crippen molar-refractivity contribution >= 4 is 11.8 Å². The van der Waals surface area contributed by atoms with Crippen LogP contribution in [-0.2, 0) is 14.3 Å². The van der Waals surface area contributed by atoms with Crippen molar-refractivity contribution in [3.05, 3.63) is 36.5 Å². The van der Waals surface area contributed by atoms with E-state index in [1.165, 1.54) is 70.3 Å². The van der Waals surface area contributed by atoms with E-state index in [4.69, 9.17) is 0 Å². The monoisotopic (exact) mass is 334 g/mol. The van der Waals surface area contributed by atoms with E-state index in [1.54, 1.807) is 6.08 Å². The first-order valence-corrected chi connectivity index (χ1v) is 9.31. The van der Waals surface area contributed by atoms with Crippen LogP contribution >= 0.6 is 0 Å². The van der Waals surface area contributed by atoms with E-state index in [0.717, 1.165) is 19.3 Å². The Morgan fingerprint density at radius 1 is 0.792 bits per heavy atom. The molecule has 0 saturated heterocycles. The Kier molecular flexibility index (Phi) is 16.5. The quantitative estimate of drug-likeness (QED) is 0.127. The summed E-state index contributed by atoms with van der Waals surface area (Å²) in [4.78, 5) is 22.4. The van der Waals surface area contributed by atoms with Gasteiger partial charge in [0.25, 0.3) is 0 Å². The number of rotatable bonds is 15. The number of carbonyl (C=O) groups is 2. The molecule has 0 bridgehead atoms. The topological polar surface area (TPSA) is 43.4 Å². The summed E-state index contributed by atoms with van der Waals surface area (Å²) in [6, 6.07) is 0. The van der Waals surface area contributed by atoms with E-state index in [0.29, 0.717) is 6.42 Å². The van der Waals surface area contributed by atoms with Gasteiger partial charge in [0.2, 0.25) is 0 Å². The summed E-state index contributed by atoms with van der Waals surface area (Å²) in [5.74, 6) is -0.319. The molecule has 0 aromatic heterocycles. The summed E-state index contributed by atoms with van der Waals surface area (Å²) in [6.45, 7) is 2.24. The van der Waals surface area contributed by atoms with Crippen LogP contribution in [0.1, 0.15) is 77.6 Å². The summed E-state index contributed by atoms with van der Waals surface area (Å²) >= 11 is 0. The smallest absolute Gasteiger partial charge is 0.330 e. The highest BCUT2D eigenvalue weighted by molar-refractivity contribution is 5.90. The van der Waals surface area contributed by atoms with E-state index in [-0.39, 0.29) is 5.78 Å². The molecule has 24 heavy (non-hydrogen) atoms. The molecule has 0 aliphatic heterocycles. The second kappa shape index (κ2) is 17.7. The van der Waals surface area contributed by atoms with E-state index in [1.807, 2.05) is 0 Å². The van der Waals surface area contributed by atoms with Gasteiger partial charge in [-0.3, -0.25) is 4.79 Å². The Balaban J connectivity index is 3.47. The average Bonchev–Trinajstić information content (AvgIpc) is 2.59. The second-order valence-electron chi connectivity index (χ2n) is 5.98. The number of unbranched alkanes of at least 4 members (excludes halogenated alkanes) is 8. The van der Waals surface area contributed by atoms with Gasteiger partial charge in [-0.25, -0.2) is 4.79 Å². The second-order valence-corrected chi connectivity index (χ2v) is 5.98. The number of carbonyl (C=O) groups excluding carboxylic acids is 2. The summed E-state index contributed by atoms with van der Waals surface area (Å²) in [5, 5.41) is 0. The normalized spacial score (nSPS) is 11.8. The highest BCUT2D eigenvalue weighted by Crippen LogP contribution is 2.08. The first-order chi connectivity index (χ1) is 11.7. The number of methoxy groups -OCH3 is 1. The minimum atomic E-state index is -0.417. The van der Waals surface area contributed by atoms with Gasteiger partial charge in [0.1, 0.15) is 0 Å². The first-order valence-electron chi connectivity index (χ1n) is 9.31. The number of ketones is 1. The molecule has 0 heterocycles. The van der Waals surface area contributed by atoms with E-state index >= 15 is 0 Å². The summed E-state index contributed by atoms with van der Waals surface area (Å²) < 4.78 is 4.45. The standard InChI is InChI=1S/C21H34O3/c1-3-4-5-6-7-8-9-10-11-12-13-14-17-20(22)18-15-16-19-21(23)24-2/h10-11,15-16,18-19H,3-9,12-14,17H2,1-2H3. The van der Waals surface area contributed by atoms with Crippen LogP contribution < -0.4 is 0 Å². The number of hydrogen-bond acceptors (Lipinski definition) is 3. The Morgan fingerprint density at radius 2 is 1.38 bits per heavy atom. The third-order valence-corrected chi connectivity index (χ3v) is 3.76. The van der Waals surface area contributed by atoms with Gasteiger partial charge in [-0.2, -0.15) is 0 Å². The number of hydrogen-bond donors (Lipinski definition) is 0. The lowest BCUT2D eigenvalue weighted by Gasteiger charge is -1.98. The average molecular weight is 335 g/mol. The van der Waals surface area contributed by atoms with Crippen molar-refractivity contribution < 1.29 is 14.3 Å². The zero-order valence-corrected chi connectivity index (χ0v) is 15.5. The van der Waals surface area contributed by atoms with Crippen molar-refractivity contribution in [1.82, 2.24) is 0 Å². The predicted molar refractivity (Wildman–Crippen MR) is 101 cm³/mol. The third kappa shape index (κ3) is 16.7. The van der Waals surface area contributed by atoms with Gasteiger partial charge in [-0.1, -0.05) is 63.3 Å². The molecule has 0 rings (SSSR count). The Morgan fingerprint density at radius 3 is 2.04 bits per heavy atom. The molecule has 0 amide bonds. The third-order valence-electron chi connectivity index (χ3n) is 3.76. The number of ether oxygens (including phenoxy) is 1.